The third-order valence-electron chi connectivity index (χ3n) is 9.77. The molecule has 5 aliphatic rings. The number of rotatable bonds is 4. The number of aliphatic carboxylic acids is 2. The number of epoxide rings is 1. The molecule has 0 bridgehead atoms. The van der Waals surface area contributed by atoms with Gasteiger partial charge in [0.1, 0.15) is 12.2 Å². The van der Waals surface area contributed by atoms with E-state index in [0.717, 1.165) is 18.4 Å². The van der Waals surface area contributed by atoms with Crippen molar-refractivity contribution in [2.75, 3.05) is 0 Å². The van der Waals surface area contributed by atoms with Gasteiger partial charge in [-0.05, 0) is 67.8 Å². The van der Waals surface area contributed by atoms with E-state index < -0.39 is 28.9 Å². The lowest BCUT2D eigenvalue weighted by Gasteiger charge is -2.60. The third-order valence-corrected chi connectivity index (χ3v) is 9.77. The van der Waals surface area contributed by atoms with Gasteiger partial charge < -0.3 is 20.1 Å². The van der Waals surface area contributed by atoms with Crippen LogP contribution in [0.25, 0.3) is 0 Å². The molecule has 0 aromatic heterocycles. The first kappa shape index (κ1) is 20.2. The zero-order valence-corrected chi connectivity index (χ0v) is 17.5. The first-order valence-corrected chi connectivity index (χ1v) is 11.1. The Morgan fingerprint density at radius 2 is 1.87 bits per heavy atom. The van der Waals surface area contributed by atoms with Crippen LogP contribution in [0.3, 0.4) is 0 Å². The molecule has 1 unspecified atom stereocenters. The van der Waals surface area contributed by atoms with Crippen molar-refractivity contribution in [1.82, 2.24) is 0 Å². The second kappa shape index (κ2) is 6.16. The minimum Gasteiger partial charge on any atom is -0.481 e. The van der Waals surface area contributed by atoms with Crippen LogP contribution < -0.4 is 0 Å². The van der Waals surface area contributed by atoms with E-state index in [1.54, 1.807) is 6.08 Å². The molecule has 0 radical (unpaired) electrons. The van der Waals surface area contributed by atoms with Gasteiger partial charge in [0.2, 0.25) is 0 Å². The first-order valence-electron chi connectivity index (χ1n) is 11.1. The summed E-state index contributed by atoms with van der Waals surface area (Å²) in [4.78, 5) is 35.8. The fourth-order valence-electron chi connectivity index (χ4n) is 8.02. The van der Waals surface area contributed by atoms with Gasteiger partial charge in [0, 0.05) is 11.8 Å². The van der Waals surface area contributed by atoms with Crippen LogP contribution >= 0.6 is 0 Å². The molecule has 4 aliphatic carbocycles. The molecule has 7 nitrogen and oxygen atoms in total. The highest BCUT2D eigenvalue weighted by molar-refractivity contribution is 5.98. The second-order valence-corrected chi connectivity index (χ2v) is 10.7. The molecule has 0 aromatic rings. The molecule has 0 amide bonds. The van der Waals surface area contributed by atoms with E-state index in [-0.39, 0.29) is 54.0 Å². The second-order valence-electron chi connectivity index (χ2n) is 10.7. The number of aliphatic hydroxyl groups is 1. The van der Waals surface area contributed by atoms with Crippen molar-refractivity contribution >= 4 is 17.7 Å². The molecule has 0 aromatic carbocycles. The predicted octanol–water partition coefficient (Wildman–Crippen LogP) is 2.41. The summed E-state index contributed by atoms with van der Waals surface area (Å²) in [5, 5.41) is 30.8. The molecular weight excluding hydrogens is 388 g/mol. The van der Waals surface area contributed by atoms with Crippen LogP contribution in [0, 0.1) is 34.5 Å². The molecule has 164 valence electrons. The maximum absolute atomic E-state index is 12.3. The fraction of sp³-hybridized carbons (Fsp3) is 0.783. The van der Waals surface area contributed by atoms with Crippen LogP contribution in [0.15, 0.2) is 11.6 Å². The van der Waals surface area contributed by atoms with E-state index in [1.165, 1.54) is 0 Å². The van der Waals surface area contributed by atoms with Crippen molar-refractivity contribution in [2.45, 2.75) is 76.6 Å². The summed E-state index contributed by atoms with van der Waals surface area (Å²) in [6.07, 6.45) is 4.28. The molecule has 0 spiro atoms. The third kappa shape index (κ3) is 2.42. The monoisotopic (exact) mass is 418 g/mol. The fourth-order valence-corrected chi connectivity index (χ4v) is 8.02. The van der Waals surface area contributed by atoms with Crippen LogP contribution in [0.1, 0.15) is 58.8 Å². The van der Waals surface area contributed by atoms with E-state index in [1.807, 2.05) is 6.92 Å². The van der Waals surface area contributed by atoms with Crippen molar-refractivity contribution < 1.29 is 34.4 Å². The maximum Gasteiger partial charge on any atom is 0.307 e. The molecule has 4 fully saturated rings. The number of fused-ring (bicyclic) bond motifs is 7. The summed E-state index contributed by atoms with van der Waals surface area (Å²) < 4.78 is 5.79. The average molecular weight is 418 g/mol. The molecular formula is C23H30O7. The lowest BCUT2D eigenvalue weighted by molar-refractivity contribution is -0.167. The summed E-state index contributed by atoms with van der Waals surface area (Å²) in [6, 6.07) is 0. The maximum atomic E-state index is 12.3. The van der Waals surface area contributed by atoms with Gasteiger partial charge in [0.05, 0.1) is 11.5 Å². The van der Waals surface area contributed by atoms with Crippen molar-refractivity contribution in [1.29, 1.82) is 0 Å². The number of ketones is 1. The molecule has 7 heteroatoms. The van der Waals surface area contributed by atoms with Gasteiger partial charge in [-0.3, -0.25) is 14.4 Å². The number of ether oxygens (including phenoxy) is 1. The van der Waals surface area contributed by atoms with Crippen LogP contribution in [-0.2, 0) is 19.1 Å². The lowest BCUT2D eigenvalue weighted by Crippen LogP contribution is -2.59. The van der Waals surface area contributed by atoms with Gasteiger partial charge in [0.25, 0.3) is 0 Å². The Bertz CT molecular complexity index is 864. The van der Waals surface area contributed by atoms with E-state index in [4.69, 9.17) is 9.84 Å². The summed E-state index contributed by atoms with van der Waals surface area (Å²) in [5.74, 6) is -2.41. The number of carboxylic acid groups (broad SMARTS) is 2. The number of carbonyl (C=O) groups is 3. The summed E-state index contributed by atoms with van der Waals surface area (Å²) >= 11 is 0. The minimum absolute atomic E-state index is 0.0179. The molecule has 9 atom stereocenters. The zero-order chi connectivity index (χ0) is 21.6. The molecule has 1 saturated heterocycles. The minimum atomic E-state index is -1.08. The van der Waals surface area contributed by atoms with E-state index >= 15 is 0 Å². The normalized spacial score (nSPS) is 51.2. The van der Waals surface area contributed by atoms with Crippen molar-refractivity contribution in [2.24, 2.45) is 34.5 Å². The number of hydrogen-bond acceptors (Lipinski definition) is 5. The predicted molar refractivity (Wildman–Crippen MR) is 104 cm³/mol. The smallest absolute Gasteiger partial charge is 0.307 e. The SMILES string of the molecule is C[C@@]12C(=CC(=O)C3O[C@H]31)C[C@@H](C(=O)O)[C@@H]1[C@@H]2CC[C@@]2(C)[C@H]1CC[C@@]2(O)CCC(=O)O. The van der Waals surface area contributed by atoms with Gasteiger partial charge in [-0.2, -0.15) is 0 Å². The number of carbonyl (C=O) groups excluding carboxylic acids is 1. The molecule has 1 aliphatic heterocycles. The average Bonchev–Trinajstić information content (AvgIpc) is 3.44. The molecule has 3 saturated carbocycles. The molecule has 5 rings (SSSR count). The lowest BCUT2D eigenvalue weighted by atomic mass is 9.44. The van der Waals surface area contributed by atoms with E-state index in [9.17, 15) is 24.6 Å². The topological polar surface area (TPSA) is 124 Å². The quantitative estimate of drug-likeness (QED) is 0.599. The largest absolute Gasteiger partial charge is 0.481 e. The van der Waals surface area contributed by atoms with Crippen LogP contribution in [0.2, 0.25) is 0 Å². The number of hydrogen-bond donors (Lipinski definition) is 3. The van der Waals surface area contributed by atoms with Crippen LogP contribution in [0.4, 0.5) is 0 Å². The van der Waals surface area contributed by atoms with Crippen LogP contribution in [0.5, 0.6) is 0 Å². The van der Waals surface area contributed by atoms with E-state index in [0.29, 0.717) is 19.3 Å². The summed E-state index contributed by atoms with van der Waals surface area (Å²) in [7, 11) is 0. The van der Waals surface area contributed by atoms with Gasteiger partial charge in [-0.1, -0.05) is 19.4 Å². The van der Waals surface area contributed by atoms with Gasteiger partial charge in [-0.25, -0.2) is 0 Å². The molecule has 30 heavy (non-hydrogen) atoms. The highest BCUT2D eigenvalue weighted by atomic mass is 16.6. The van der Waals surface area contributed by atoms with Crippen LogP contribution in [-0.4, -0.2) is 50.9 Å². The standard InChI is InChI=1S/C23H30O7/c1-21-6-3-14-17(13(21)4-7-23(21,29)8-5-16(25)26)12(20(27)28)9-11-10-15(24)18-19(30-18)22(11,14)2/h10,12-14,17-19,29H,3-9H2,1-2H3,(H,25,26)(H,27,28)/t12-,13+,14+,17+,18?,19-,21+,22+,23-/m1/s1. The van der Waals surface area contributed by atoms with Gasteiger partial charge in [0.15, 0.2) is 5.78 Å². The van der Waals surface area contributed by atoms with Crippen molar-refractivity contribution in [3.8, 4) is 0 Å². The number of carboxylic acids is 2. The summed E-state index contributed by atoms with van der Waals surface area (Å²) in [6.45, 7) is 4.18. The Morgan fingerprint density at radius 3 is 2.53 bits per heavy atom. The zero-order valence-electron chi connectivity index (χ0n) is 17.5. The molecule has 1 heterocycles. The van der Waals surface area contributed by atoms with Crippen molar-refractivity contribution in [3.05, 3.63) is 11.6 Å². The summed E-state index contributed by atoms with van der Waals surface area (Å²) in [5.41, 5.74) is -0.994. The van der Waals surface area contributed by atoms with Crippen molar-refractivity contribution in [3.63, 3.8) is 0 Å². The Kier molecular flexibility index (Phi) is 4.15. The Balaban J connectivity index is 1.54. The highest BCUT2D eigenvalue weighted by Crippen LogP contribution is 2.70. The van der Waals surface area contributed by atoms with E-state index in [2.05, 4.69) is 6.92 Å². The Morgan fingerprint density at radius 1 is 1.17 bits per heavy atom. The first-order chi connectivity index (χ1) is 14.0. The highest BCUT2D eigenvalue weighted by Gasteiger charge is 2.71. The Labute approximate surface area is 175 Å². The molecule has 3 N–H and O–H groups in total. The Hall–Kier alpha value is -1.73. The van der Waals surface area contributed by atoms with Gasteiger partial charge in [-0.15, -0.1) is 0 Å². The van der Waals surface area contributed by atoms with Gasteiger partial charge >= 0.3 is 11.9 Å².